The van der Waals surface area contributed by atoms with E-state index >= 15 is 0 Å². The van der Waals surface area contributed by atoms with Crippen molar-refractivity contribution in [1.29, 1.82) is 0 Å². The molecule has 13 heavy (non-hydrogen) atoms. The third kappa shape index (κ3) is 5.21. The van der Waals surface area contributed by atoms with Gasteiger partial charge in [0.2, 0.25) is 0 Å². The fourth-order valence-corrected chi connectivity index (χ4v) is 0.579. The second kappa shape index (κ2) is 4.84. The molecule has 0 aliphatic heterocycles. The van der Waals surface area contributed by atoms with Crippen LogP contribution in [0.25, 0.3) is 0 Å². The van der Waals surface area contributed by atoms with Crippen LogP contribution in [0.2, 0.25) is 0 Å². The molecule has 0 aliphatic carbocycles. The minimum absolute atomic E-state index is 0.116. The van der Waals surface area contributed by atoms with Gasteiger partial charge in [-0.05, 0) is 6.42 Å². The second-order valence-electron chi connectivity index (χ2n) is 2.36. The van der Waals surface area contributed by atoms with Gasteiger partial charge in [-0.2, -0.15) is 13.2 Å². The maximum Gasteiger partial charge on any atom is 0.490 e. The topological polar surface area (TPSA) is 43.4 Å². The molecule has 0 atom stereocenters. The Balaban J connectivity index is 3.77. The largest absolute Gasteiger partial charge is 0.490 e. The third-order valence-electron chi connectivity index (χ3n) is 1.12. The zero-order valence-corrected chi connectivity index (χ0v) is 6.98. The highest BCUT2D eigenvalue weighted by Gasteiger charge is 2.41. The Hall–Kier alpha value is -1.07. The van der Waals surface area contributed by atoms with E-state index in [-0.39, 0.29) is 6.42 Å². The molecule has 0 radical (unpaired) electrons. The molecule has 0 heterocycles. The second-order valence-corrected chi connectivity index (χ2v) is 2.36. The number of carbonyl (C=O) groups is 2. The molecule has 0 spiro atoms. The molecular weight excluding hydrogens is 189 g/mol. The molecule has 0 aromatic heterocycles. The molecule has 76 valence electrons. The van der Waals surface area contributed by atoms with Crippen LogP contribution in [0.4, 0.5) is 13.2 Å². The monoisotopic (exact) mass is 198 g/mol. The minimum atomic E-state index is -5.02. The fraction of sp³-hybridized carbons (Fsp3) is 0.714. The summed E-state index contributed by atoms with van der Waals surface area (Å²) >= 11 is 0. The Kier molecular flexibility index (Phi) is 4.44. The molecule has 0 aromatic carbocycles. The molecule has 6 heteroatoms. The van der Waals surface area contributed by atoms with Crippen molar-refractivity contribution >= 4 is 11.8 Å². The predicted molar refractivity (Wildman–Crippen MR) is 36.9 cm³/mol. The number of ether oxygens (including phenoxy) is 1. The number of ketones is 1. The van der Waals surface area contributed by atoms with Crippen LogP contribution in [0.1, 0.15) is 19.8 Å². The lowest BCUT2D eigenvalue weighted by molar-refractivity contribution is -0.199. The summed E-state index contributed by atoms with van der Waals surface area (Å²) in [7, 11) is 0. The Morgan fingerprint density at radius 3 is 2.23 bits per heavy atom. The van der Waals surface area contributed by atoms with Crippen molar-refractivity contribution in [3.05, 3.63) is 0 Å². The molecule has 3 nitrogen and oxygen atoms in total. The van der Waals surface area contributed by atoms with Crippen molar-refractivity contribution in [2.24, 2.45) is 0 Å². The van der Waals surface area contributed by atoms with E-state index in [9.17, 15) is 22.8 Å². The van der Waals surface area contributed by atoms with Crippen LogP contribution in [0.3, 0.4) is 0 Å². The molecule has 0 saturated carbocycles. The molecule has 0 fully saturated rings. The van der Waals surface area contributed by atoms with Gasteiger partial charge in [0.15, 0.2) is 5.78 Å². The molecule has 0 N–H and O–H groups in total. The predicted octanol–water partition coefficient (Wildman–Crippen LogP) is 1.46. The molecule has 0 aromatic rings. The van der Waals surface area contributed by atoms with E-state index in [1.807, 2.05) is 0 Å². The highest BCUT2D eigenvalue weighted by molar-refractivity contribution is 5.83. The van der Waals surface area contributed by atoms with E-state index < -0.39 is 24.5 Å². The van der Waals surface area contributed by atoms with Gasteiger partial charge in [0.25, 0.3) is 0 Å². The van der Waals surface area contributed by atoms with Gasteiger partial charge >= 0.3 is 12.1 Å². The Bertz CT molecular complexity index is 198. The van der Waals surface area contributed by atoms with Crippen LogP contribution in [-0.2, 0) is 14.3 Å². The average molecular weight is 198 g/mol. The number of alkyl halides is 3. The molecule has 0 unspecified atom stereocenters. The van der Waals surface area contributed by atoms with Gasteiger partial charge in [0.05, 0.1) is 0 Å². The summed E-state index contributed by atoms with van der Waals surface area (Å²) in [6.07, 6.45) is -4.39. The van der Waals surface area contributed by atoms with Crippen LogP contribution in [-0.4, -0.2) is 24.5 Å². The maximum absolute atomic E-state index is 11.5. The average Bonchev–Trinajstić information content (AvgIpc) is 1.99. The van der Waals surface area contributed by atoms with Crippen LogP contribution >= 0.6 is 0 Å². The fourth-order valence-electron chi connectivity index (χ4n) is 0.579. The lowest BCUT2D eigenvalue weighted by Crippen LogP contribution is -2.27. The normalized spacial score (nSPS) is 11.1. The molecular formula is C7H9F3O3. The number of esters is 1. The zero-order chi connectivity index (χ0) is 10.5. The summed E-state index contributed by atoms with van der Waals surface area (Å²) in [5.74, 6) is -2.84. The van der Waals surface area contributed by atoms with E-state index in [0.717, 1.165) is 0 Å². The molecule has 0 aliphatic rings. The highest BCUT2D eigenvalue weighted by Crippen LogP contribution is 2.16. The standard InChI is InChI=1S/C7H9F3O3/c1-2-3-5(11)4-13-6(12)7(8,9)10/h2-4H2,1H3. The third-order valence-corrected chi connectivity index (χ3v) is 1.12. The van der Waals surface area contributed by atoms with Crippen molar-refractivity contribution in [2.45, 2.75) is 25.9 Å². The first kappa shape index (κ1) is 11.9. The summed E-state index contributed by atoms with van der Waals surface area (Å²) < 4.78 is 38.2. The number of halogens is 3. The number of Topliss-reactive ketones (excluding diaryl/α,β-unsaturated/α-hetero) is 1. The first-order valence-corrected chi connectivity index (χ1v) is 3.63. The molecule has 0 amide bonds. The lowest BCUT2D eigenvalue weighted by Gasteiger charge is -2.05. The van der Waals surface area contributed by atoms with E-state index in [1.54, 1.807) is 6.92 Å². The van der Waals surface area contributed by atoms with Crippen molar-refractivity contribution < 1.29 is 27.5 Å². The first-order chi connectivity index (χ1) is 5.88. The minimum Gasteiger partial charge on any atom is -0.451 e. The van der Waals surface area contributed by atoms with Gasteiger partial charge in [-0.3, -0.25) is 4.79 Å². The van der Waals surface area contributed by atoms with Gasteiger partial charge < -0.3 is 4.74 Å². The van der Waals surface area contributed by atoms with Gasteiger partial charge in [-0.1, -0.05) is 6.92 Å². The number of rotatable bonds is 4. The van der Waals surface area contributed by atoms with Crippen molar-refractivity contribution in [1.82, 2.24) is 0 Å². The number of carbonyl (C=O) groups excluding carboxylic acids is 2. The lowest BCUT2D eigenvalue weighted by atomic mass is 10.2. The van der Waals surface area contributed by atoms with Gasteiger partial charge in [0.1, 0.15) is 6.61 Å². The molecule has 0 bridgehead atoms. The molecule has 0 saturated heterocycles. The zero-order valence-electron chi connectivity index (χ0n) is 6.98. The smallest absolute Gasteiger partial charge is 0.451 e. The SMILES string of the molecule is CCCC(=O)COC(=O)C(F)(F)F. The van der Waals surface area contributed by atoms with Crippen molar-refractivity contribution in [3.8, 4) is 0 Å². The van der Waals surface area contributed by atoms with Crippen molar-refractivity contribution in [2.75, 3.05) is 6.61 Å². The van der Waals surface area contributed by atoms with Crippen LogP contribution in [0, 0.1) is 0 Å². The Morgan fingerprint density at radius 2 is 1.85 bits per heavy atom. The summed E-state index contributed by atoms with van der Waals surface area (Å²) in [6.45, 7) is 0.898. The number of hydrogen-bond donors (Lipinski definition) is 0. The quantitative estimate of drug-likeness (QED) is 0.642. The van der Waals surface area contributed by atoms with Crippen molar-refractivity contribution in [3.63, 3.8) is 0 Å². The number of hydrogen-bond acceptors (Lipinski definition) is 3. The van der Waals surface area contributed by atoms with Gasteiger partial charge in [-0.25, -0.2) is 4.79 Å². The van der Waals surface area contributed by atoms with Crippen LogP contribution in [0.15, 0.2) is 0 Å². The first-order valence-electron chi connectivity index (χ1n) is 3.63. The van der Waals surface area contributed by atoms with E-state index in [4.69, 9.17) is 0 Å². The Morgan fingerprint density at radius 1 is 1.31 bits per heavy atom. The Labute approximate surface area is 72.9 Å². The summed E-state index contributed by atoms with van der Waals surface area (Å²) in [5, 5.41) is 0. The van der Waals surface area contributed by atoms with Gasteiger partial charge in [-0.15, -0.1) is 0 Å². The van der Waals surface area contributed by atoms with Gasteiger partial charge in [0, 0.05) is 6.42 Å². The summed E-state index contributed by atoms with van der Waals surface area (Å²) in [6, 6.07) is 0. The van der Waals surface area contributed by atoms with E-state index in [0.29, 0.717) is 6.42 Å². The van der Waals surface area contributed by atoms with Crippen LogP contribution in [0.5, 0.6) is 0 Å². The van der Waals surface area contributed by atoms with E-state index in [2.05, 4.69) is 4.74 Å². The summed E-state index contributed by atoms with van der Waals surface area (Å²) in [5.41, 5.74) is 0. The maximum atomic E-state index is 11.5. The summed E-state index contributed by atoms with van der Waals surface area (Å²) in [4.78, 5) is 20.7. The van der Waals surface area contributed by atoms with Crippen LogP contribution < -0.4 is 0 Å². The highest BCUT2D eigenvalue weighted by atomic mass is 19.4. The molecule has 0 rings (SSSR count). The van der Waals surface area contributed by atoms with E-state index in [1.165, 1.54) is 0 Å².